The van der Waals surface area contributed by atoms with Crippen molar-refractivity contribution in [1.29, 1.82) is 0 Å². The quantitative estimate of drug-likeness (QED) is 0.745. The van der Waals surface area contributed by atoms with Crippen LogP contribution in [0.15, 0.2) is 24.8 Å². The second-order valence-corrected chi connectivity index (χ2v) is 5.27. The number of aryl methyl sites for hydroxylation is 1. The summed E-state index contributed by atoms with van der Waals surface area (Å²) < 4.78 is 13.4. The fraction of sp³-hybridized carbons (Fsp3) is 0.529. The maximum Gasteiger partial charge on any atom is 0.123 e. The van der Waals surface area contributed by atoms with E-state index >= 15 is 0 Å². The molecule has 1 rings (SSSR count). The Balaban J connectivity index is 2.57. The van der Waals surface area contributed by atoms with E-state index in [0.717, 1.165) is 50.0 Å². The third-order valence-corrected chi connectivity index (χ3v) is 3.61. The highest BCUT2D eigenvalue weighted by molar-refractivity contribution is 5.66. The lowest BCUT2D eigenvalue weighted by atomic mass is 9.96. The van der Waals surface area contributed by atoms with Gasteiger partial charge in [0.15, 0.2) is 0 Å². The Morgan fingerprint density at radius 1 is 1.35 bits per heavy atom. The number of halogens is 1. The van der Waals surface area contributed by atoms with Crippen LogP contribution in [-0.4, -0.2) is 38.6 Å². The van der Waals surface area contributed by atoms with E-state index in [1.54, 1.807) is 12.1 Å². The summed E-state index contributed by atoms with van der Waals surface area (Å²) in [4.78, 5) is 2.31. The molecule has 1 aromatic rings. The van der Waals surface area contributed by atoms with Gasteiger partial charge < -0.3 is 10.2 Å². The number of hydrogen-bond acceptors (Lipinski definition) is 2. The largest absolute Gasteiger partial charge is 0.318 e. The van der Waals surface area contributed by atoms with Gasteiger partial charge in [-0.05, 0) is 68.7 Å². The summed E-state index contributed by atoms with van der Waals surface area (Å²) in [5, 5.41) is 3.15. The van der Waals surface area contributed by atoms with Gasteiger partial charge in [-0.1, -0.05) is 19.6 Å². The molecule has 0 aliphatic heterocycles. The molecule has 0 saturated carbocycles. The first kappa shape index (κ1) is 16.9. The number of allylic oxidation sites excluding steroid dienone is 1. The smallest absolute Gasteiger partial charge is 0.123 e. The summed E-state index contributed by atoms with van der Waals surface area (Å²) in [5.74, 6) is -0.176. The normalized spacial score (nSPS) is 11.1. The van der Waals surface area contributed by atoms with E-state index in [2.05, 4.69) is 30.8 Å². The number of likely N-dealkylation sites (N-methyl/N-ethyl adjacent to an activating group) is 2. The van der Waals surface area contributed by atoms with Crippen LogP contribution in [0, 0.1) is 5.82 Å². The molecule has 0 aliphatic carbocycles. The van der Waals surface area contributed by atoms with Crippen molar-refractivity contribution >= 4 is 5.57 Å². The lowest BCUT2D eigenvalue weighted by Gasteiger charge is -2.17. The van der Waals surface area contributed by atoms with Gasteiger partial charge in [-0.15, -0.1) is 0 Å². The van der Waals surface area contributed by atoms with Crippen molar-refractivity contribution < 1.29 is 4.39 Å². The van der Waals surface area contributed by atoms with Crippen LogP contribution < -0.4 is 5.32 Å². The zero-order valence-electron chi connectivity index (χ0n) is 13.0. The van der Waals surface area contributed by atoms with Gasteiger partial charge in [-0.3, -0.25) is 0 Å². The minimum Gasteiger partial charge on any atom is -0.318 e. The highest BCUT2D eigenvalue weighted by Crippen LogP contribution is 2.22. The van der Waals surface area contributed by atoms with E-state index in [4.69, 9.17) is 0 Å². The molecular formula is C17H27FN2. The van der Waals surface area contributed by atoms with Crippen LogP contribution in [0.1, 0.15) is 30.9 Å². The van der Waals surface area contributed by atoms with Crippen molar-refractivity contribution in [2.75, 3.05) is 33.7 Å². The SMILES string of the molecule is C=C(CC)c1cc(F)ccc1CCCN(C)CCNC. The fourth-order valence-electron chi connectivity index (χ4n) is 2.24. The number of hydrogen-bond donors (Lipinski definition) is 1. The minimum atomic E-state index is -0.176. The maximum atomic E-state index is 13.4. The van der Waals surface area contributed by atoms with Crippen molar-refractivity contribution in [1.82, 2.24) is 10.2 Å². The van der Waals surface area contributed by atoms with Gasteiger partial charge in [0.1, 0.15) is 5.82 Å². The van der Waals surface area contributed by atoms with Crippen LogP contribution in [0.5, 0.6) is 0 Å². The second-order valence-electron chi connectivity index (χ2n) is 5.27. The van der Waals surface area contributed by atoms with Crippen LogP contribution in [-0.2, 0) is 6.42 Å². The van der Waals surface area contributed by atoms with Crippen molar-refractivity contribution in [2.45, 2.75) is 26.2 Å². The molecule has 0 unspecified atom stereocenters. The van der Waals surface area contributed by atoms with Gasteiger partial charge in [0.05, 0.1) is 0 Å². The molecule has 112 valence electrons. The first-order chi connectivity index (χ1) is 9.58. The lowest BCUT2D eigenvalue weighted by molar-refractivity contribution is 0.330. The Morgan fingerprint density at radius 2 is 2.10 bits per heavy atom. The molecular weight excluding hydrogens is 251 g/mol. The van der Waals surface area contributed by atoms with E-state index in [1.165, 1.54) is 5.56 Å². The van der Waals surface area contributed by atoms with Gasteiger partial charge in [0.25, 0.3) is 0 Å². The zero-order chi connectivity index (χ0) is 15.0. The van der Waals surface area contributed by atoms with E-state index < -0.39 is 0 Å². The Bertz CT molecular complexity index is 429. The first-order valence-corrected chi connectivity index (χ1v) is 7.38. The topological polar surface area (TPSA) is 15.3 Å². The molecule has 2 nitrogen and oxygen atoms in total. The molecule has 0 saturated heterocycles. The lowest BCUT2D eigenvalue weighted by Crippen LogP contribution is -2.28. The number of benzene rings is 1. The third kappa shape index (κ3) is 5.43. The molecule has 0 spiro atoms. The van der Waals surface area contributed by atoms with Crippen LogP contribution in [0.4, 0.5) is 4.39 Å². The van der Waals surface area contributed by atoms with E-state index in [0.29, 0.717) is 0 Å². The molecule has 0 bridgehead atoms. The van der Waals surface area contributed by atoms with Gasteiger partial charge in [-0.2, -0.15) is 0 Å². The summed E-state index contributed by atoms with van der Waals surface area (Å²) in [6, 6.07) is 5.07. The van der Waals surface area contributed by atoms with Crippen molar-refractivity contribution in [3.8, 4) is 0 Å². The molecule has 0 atom stereocenters. The van der Waals surface area contributed by atoms with Crippen LogP contribution in [0.3, 0.4) is 0 Å². The number of nitrogens with one attached hydrogen (secondary N) is 1. The number of rotatable bonds is 9. The predicted octanol–water partition coefficient (Wildman–Crippen LogP) is 3.33. The molecule has 0 fully saturated rings. The number of nitrogens with zero attached hydrogens (tertiary/aromatic N) is 1. The Hall–Kier alpha value is -1.19. The Kier molecular flexibility index (Phi) is 7.48. The molecule has 0 aliphatic rings. The molecule has 0 amide bonds. The standard InChI is InChI=1S/C17H27FN2/c1-5-14(2)17-13-16(18)9-8-15(17)7-6-11-20(4)12-10-19-3/h8-9,13,19H,2,5-7,10-12H2,1,3-4H3. The van der Waals surface area contributed by atoms with Gasteiger partial charge in [-0.25, -0.2) is 4.39 Å². The average Bonchev–Trinajstić information content (AvgIpc) is 2.45. The van der Waals surface area contributed by atoms with Crippen molar-refractivity contribution in [3.05, 3.63) is 41.7 Å². The second kappa shape index (κ2) is 8.88. The highest BCUT2D eigenvalue weighted by Gasteiger charge is 2.07. The summed E-state index contributed by atoms with van der Waals surface area (Å²) >= 11 is 0. The van der Waals surface area contributed by atoms with Crippen molar-refractivity contribution in [3.63, 3.8) is 0 Å². The van der Waals surface area contributed by atoms with Crippen LogP contribution >= 0.6 is 0 Å². The molecule has 1 aromatic carbocycles. The Labute approximate surface area is 122 Å². The zero-order valence-corrected chi connectivity index (χ0v) is 13.0. The van der Waals surface area contributed by atoms with Crippen LogP contribution in [0.25, 0.3) is 5.57 Å². The molecule has 0 heterocycles. The van der Waals surface area contributed by atoms with Crippen LogP contribution in [0.2, 0.25) is 0 Å². The molecule has 0 aromatic heterocycles. The summed E-state index contributed by atoms with van der Waals surface area (Å²) in [6.45, 7) is 9.21. The summed E-state index contributed by atoms with van der Waals surface area (Å²) in [7, 11) is 4.10. The third-order valence-electron chi connectivity index (χ3n) is 3.61. The van der Waals surface area contributed by atoms with E-state index in [9.17, 15) is 4.39 Å². The van der Waals surface area contributed by atoms with E-state index in [-0.39, 0.29) is 5.82 Å². The Morgan fingerprint density at radius 3 is 2.75 bits per heavy atom. The maximum absolute atomic E-state index is 13.4. The predicted molar refractivity (Wildman–Crippen MR) is 85.5 cm³/mol. The highest BCUT2D eigenvalue weighted by atomic mass is 19.1. The average molecular weight is 278 g/mol. The monoisotopic (exact) mass is 278 g/mol. The summed E-state index contributed by atoms with van der Waals surface area (Å²) in [5.41, 5.74) is 3.22. The van der Waals surface area contributed by atoms with Crippen molar-refractivity contribution in [2.24, 2.45) is 0 Å². The summed E-state index contributed by atoms with van der Waals surface area (Å²) in [6.07, 6.45) is 2.91. The molecule has 20 heavy (non-hydrogen) atoms. The molecule has 1 N–H and O–H groups in total. The first-order valence-electron chi connectivity index (χ1n) is 7.38. The van der Waals surface area contributed by atoms with Gasteiger partial charge in [0, 0.05) is 13.1 Å². The molecule has 0 radical (unpaired) electrons. The van der Waals surface area contributed by atoms with Gasteiger partial charge in [0.2, 0.25) is 0 Å². The fourth-order valence-corrected chi connectivity index (χ4v) is 2.24. The van der Waals surface area contributed by atoms with E-state index in [1.807, 2.05) is 13.1 Å². The van der Waals surface area contributed by atoms with Gasteiger partial charge >= 0.3 is 0 Å². The minimum absolute atomic E-state index is 0.176. The molecule has 3 heteroatoms.